The molecule has 0 radical (unpaired) electrons. The van der Waals surface area contributed by atoms with Crippen molar-refractivity contribution in [1.82, 2.24) is 29.7 Å². The molecule has 2 fully saturated rings. The summed E-state index contributed by atoms with van der Waals surface area (Å²) in [6.45, 7) is 6.75. The van der Waals surface area contributed by atoms with Crippen molar-refractivity contribution in [1.29, 1.82) is 0 Å². The van der Waals surface area contributed by atoms with Crippen molar-refractivity contribution >= 4 is 5.91 Å². The van der Waals surface area contributed by atoms with E-state index in [1.54, 1.807) is 6.33 Å². The predicted octanol–water partition coefficient (Wildman–Crippen LogP) is 5.26. The van der Waals surface area contributed by atoms with E-state index >= 15 is 0 Å². The fourth-order valence-electron chi connectivity index (χ4n) is 8.76. The number of unbranched alkanes of at least 4 members (excludes halogenated alkanes) is 1. The number of aromatic amines is 1. The third-order valence-electron chi connectivity index (χ3n) is 11.5. The number of carbonyl (C=O) groups excluding carboxylic acids is 1. The Morgan fingerprint density at radius 2 is 1.90 bits per heavy atom. The van der Waals surface area contributed by atoms with E-state index in [1.807, 2.05) is 42.7 Å². The summed E-state index contributed by atoms with van der Waals surface area (Å²) in [7, 11) is 0. The molecule has 9 nitrogen and oxygen atoms in total. The number of H-pyrrole nitrogens is 1. The van der Waals surface area contributed by atoms with Crippen LogP contribution in [0.3, 0.4) is 0 Å². The molecule has 3 heterocycles. The zero-order valence-corrected chi connectivity index (χ0v) is 28.8. The van der Waals surface area contributed by atoms with Crippen LogP contribution in [0, 0.1) is 5.41 Å². The maximum absolute atomic E-state index is 14.4. The number of imidazole rings is 1. The predicted molar refractivity (Wildman–Crippen MR) is 188 cm³/mol. The Kier molecular flexibility index (Phi) is 11.7. The van der Waals surface area contributed by atoms with Gasteiger partial charge in [0.2, 0.25) is 11.8 Å². The minimum Gasteiger partial charge on any atom is -0.369 e. The van der Waals surface area contributed by atoms with Gasteiger partial charge in [0.05, 0.1) is 23.5 Å². The van der Waals surface area contributed by atoms with Gasteiger partial charge in [-0.05, 0) is 94.1 Å². The van der Waals surface area contributed by atoms with Crippen molar-refractivity contribution in [3.63, 3.8) is 0 Å². The third-order valence-corrected chi connectivity index (χ3v) is 11.5. The first-order chi connectivity index (χ1) is 23.8. The standard InChI is InChI=1S/C38H54F2N8O/c39-38(40)16-14-37(15-17-38,36(42)49)33(29-8-2-1-3-9-29)13-21-46-22-23-47(25-31-24-43-28-45-31)32(26-46)27-48(20-5-4-18-41)34-12-6-10-30-11-7-19-44-35(30)34/h1-3,7-9,11,19,24,28,32-34H,4-6,10,12-18,20-23,25-27,41H2,(H2,42,49)(H,43,45)/t32-,33+,34+/m1/s1. The molecule has 5 N–H and O–H groups in total. The summed E-state index contributed by atoms with van der Waals surface area (Å²) in [6.07, 6.45) is 11.2. The maximum atomic E-state index is 14.4. The van der Waals surface area contributed by atoms with Crippen LogP contribution in [0.5, 0.6) is 0 Å². The van der Waals surface area contributed by atoms with E-state index in [4.69, 9.17) is 16.5 Å². The number of nitrogens with zero attached hydrogens (tertiary/aromatic N) is 5. The highest BCUT2D eigenvalue weighted by atomic mass is 19.3. The fraction of sp³-hybridized carbons (Fsp3) is 0.605. The summed E-state index contributed by atoms with van der Waals surface area (Å²) < 4.78 is 28.8. The SMILES string of the molecule is NCCCCN(C[C@H]1CN(CC[C@@H](c2ccccc2)C2(C(N)=O)CCC(F)(F)CC2)CCN1Cc1cnc[nH]1)[C@H]1CCCc2cccnc21. The molecule has 0 spiro atoms. The van der Waals surface area contributed by atoms with Crippen LogP contribution in [0.4, 0.5) is 8.78 Å². The number of piperazine rings is 1. The van der Waals surface area contributed by atoms with E-state index in [1.165, 1.54) is 11.3 Å². The van der Waals surface area contributed by atoms with E-state index in [0.717, 1.165) is 89.2 Å². The summed E-state index contributed by atoms with van der Waals surface area (Å²) in [5.74, 6) is -3.42. The number of hydrogen-bond acceptors (Lipinski definition) is 7. The number of amides is 1. The first-order valence-electron chi connectivity index (χ1n) is 18.3. The van der Waals surface area contributed by atoms with Crippen LogP contribution in [0.25, 0.3) is 0 Å². The number of primary amides is 1. The van der Waals surface area contributed by atoms with E-state index in [0.29, 0.717) is 13.0 Å². The summed E-state index contributed by atoms with van der Waals surface area (Å²) in [6, 6.07) is 14.8. The second-order valence-electron chi connectivity index (χ2n) is 14.6. The summed E-state index contributed by atoms with van der Waals surface area (Å²) in [5, 5.41) is 0. The minimum atomic E-state index is -2.75. The minimum absolute atomic E-state index is 0.115. The first-order valence-corrected chi connectivity index (χ1v) is 18.3. The number of aryl methyl sites for hydroxylation is 1. The Hall–Kier alpha value is -3.25. The summed E-state index contributed by atoms with van der Waals surface area (Å²) >= 11 is 0. The van der Waals surface area contributed by atoms with Crippen molar-refractivity contribution in [2.45, 2.75) is 94.7 Å². The second kappa shape index (κ2) is 16.2. The van der Waals surface area contributed by atoms with Gasteiger partial charge in [-0.1, -0.05) is 36.4 Å². The molecule has 2 aliphatic carbocycles. The van der Waals surface area contributed by atoms with Gasteiger partial charge in [-0.2, -0.15) is 0 Å². The smallest absolute Gasteiger partial charge is 0.248 e. The highest BCUT2D eigenvalue weighted by Gasteiger charge is 2.51. The molecule has 1 amide bonds. The number of benzene rings is 1. The lowest BCUT2D eigenvalue weighted by molar-refractivity contribution is -0.138. The van der Waals surface area contributed by atoms with Gasteiger partial charge in [0.25, 0.3) is 0 Å². The second-order valence-corrected chi connectivity index (χ2v) is 14.6. The van der Waals surface area contributed by atoms with Crippen molar-refractivity contribution in [2.75, 3.05) is 45.8 Å². The van der Waals surface area contributed by atoms with Gasteiger partial charge < -0.3 is 21.4 Å². The Morgan fingerprint density at radius 1 is 1.08 bits per heavy atom. The van der Waals surface area contributed by atoms with Gasteiger partial charge in [-0.15, -0.1) is 0 Å². The van der Waals surface area contributed by atoms with Crippen LogP contribution in [0.1, 0.15) is 92.3 Å². The normalized spacial score (nSPS) is 23.3. The number of alkyl halides is 2. The molecule has 3 aromatic rings. The molecule has 2 aromatic heterocycles. The largest absolute Gasteiger partial charge is 0.369 e. The Bertz CT molecular complexity index is 1460. The van der Waals surface area contributed by atoms with Crippen molar-refractivity contribution in [3.8, 4) is 0 Å². The number of halogens is 2. The van der Waals surface area contributed by atoms with E-state index < -0.39 is 17.2 Å². The van der Waals surface area contributed by atoms with Crippen molar-refractivity contribution in [3.05, 3.63) is 83.7 Å². The number of carbonyl (C=O) groups is 1. The van der Waals surface area contributed by atoms with Crippen LogP contribution in [-0.2, 0) is 17.8 Å². The highest BCUT2D eigenvalue weighted by molar-refractivity contribution is 5.82. The van der Waals surface area contributed by atoms with Gasteiger partial charge >= 0.3 is 0 Å². The lowest BCUT2D eigenvalue weighted by Gasteiger charge is -2.47. The van der Waals surface area contributed by atoms with Crippen molar-refractivity contribution < 1.29 is 13.6 Å². The molecule has 6 rings (SSSR count). The van der Waals surface area contributed by atoms with Crippen LogP contribution >= 0.6 is 0 Å². The quantitative estimate of drug-likeness (QED) is 0.188. The van der Waals surface area contributed by atoms with Crippen LogP contribution in [0.2, 0.25) is 0 Å². The van der Waals surface area contributed by atoms with Crippen LogP contribution in [-0.4, -0.2) is 93.3 Å². The molecule has 1 saturated carbocycles. The van der Waals surface area contributed by atoms with Gasteiger partial charge in [-0.3, -0.25) is 19.6 Å². The molecule has 49 heavy (non-hydrogen) atoms. The highest BCUT2D eigenvalue weighted by Crippen LogP contribution is 2.52. The lowest BCUT2D eigenvalue weighted by atomic mass is 9.61. The van der Waals surface area contributed by atoms with Gasteiger partial charge in [0, 0.05) is 69.7 Å². The summed E-state index contributed by atoms with van der Waals surface area (Å²) in [5.41, 5.74) is 15.8. The number of aromatic nitrogens is 3. The topological polar surface area (TPSA) is 120 Å². The molecule has 11 heteroatoms. The molecule has 1 aliphatic heterocycles. The van der Waals surface area contributed by atoms with Gasteiger partial charge in [0.1, 0.15) is 0 Å². The van der Waals surface area contributed by atoms with Crippen molar-refractivity contribution in [2.24, 2.45) is 16.9 Å². The monoisotopic (exact) mass is 676 g/mol. The summed E-state index contributed by atoms with van der Waals surface area (Å²) in [4.78, 5) is 33.4. The lowest BCUT2D eigenvalue weighted by Crippen LogP contribution is -2.57. The average molecular weight is 677 g/mol. The molecule has 3 aliphatic rings. The molecule has 1 aromatic carbocycles. The number of nitrogens with two attached hydrogens (primary N) is 2. The molecule has 0 unspecified atom stereocenters. The zero-order chi connectivity index (χ0) is 34.3. The number of nitrogens with one attached hydrogen (secondary N) is 1. The molecule has 3 atom stereocenters. The Labute approximate surface area is 289 Å². The zero-order valence-electron chi connectivity index (χ0n) is 28.8. The first kappa shape index (κ1) is 35.6. The average Bonchev–Trinajstić information content (AvgIpc) is 3.63. The number of pyridine rings is 1. The Morgan fingerprint density at radius 3 is 2.63 bits per heavy atom. The van der Waals surface area contributed by atoms with E-state index in [-0.39, 0.29) is 43.7 Å². The maximum Gasteiger partial charge on any atom is 0.248 e. The number of hydrogen-bond donors (Lipinski definition) is 3. The number of rotatable bonds is 15. The molecule has 1 saturated heterocycles. The van der Waals surface area contributed by atoms with Gasteiger partial charge in [-0.25, -0.2) is 13.8 Å². The fourth-order valence-corrected chi connectivity index (χ4v) is 8.76. The van der Waals surface area contributed by atoms with Crippen LogP contribution < -0.4 is 11.5 Å². The van der Waals surface area contributed by atoms with E-state index in [2.05, 4.69) is 36.8 Å². The van der Waals surface area contributed by atoms with Gasteiger partial charge in [0.15, 0.2) is 0 Å². The molecular weight excluding hydrogens is 622 g/mol. The Balaban J connectivity index is 1.23. The van der Waals surface area contributed by atoms with E-state index in [9.17, 15) is 13.6 Å². The third kappa shape index (κ3) is 8.56. The van der Waals surface area contributed by atoms with Crippen LogP contribution in [0.15, 0.2) is 61.2 Å². The molecular formula is C38H54F2N8O. The molecule has 0 bridgehead atoms. The number of fused-ring (bicyclic) bond motifs is 1. The molecule has 266 valence electrons.